The van der Waals surface area contributed by atoms with Crippen LogP contribution in [0.2, 0.25) is 5.02 Å². The van der Waals surface area contributed by atoms with E-state index in [-0.39, 0.29) is 32.6 Å². The number of rotatable bonds is 4. The molecule has 1 heterocycles. The molecule has 1 aromatic carbocycles. The van der Waals surface area contributed by atoms with Gasteiger partial charge in [0.15, 0.2) is 10.7 Å². The summed E-state index contributed by atoms with van der Waals surface area (Å²) in [7, 11) is -3.89. The second-order valence-corrected chi connectivity index (χ2v) is 6.34. The molecule has 3 N–H and O–H groups in total. The largest absolute Gasteiger partial charge is 0.366 e. The lowest BCUT2D eigenvalue weighted by molar-refractivity contribution is 0.100. The minimum absolute atomic E-state index is 0.0237. The Morgan fingerprint density at radius 3 is 2.57 bits per heavy atom. The average molecular weight is 330 g/mol. The van der Waals surface area contributed by atoms with Gasteiger partial charge in [-0.15, -0.1) is 0 Å². The lowest BCUT2D eigenvalue weighted by atomic mass is 10.2. The maximum absolute atomic E-state index is 12.3. The van der Waals surface area contributed by atoms with E-state index in [2.05, 4.69) is 9.88 Å². The molecule has 0 aliphatic rings. The minimum atomic E-state index is -3.89. The minimum Gasteiger partial charge on any atom is -0.366 e. The summed E-state index contributed by atoms with van der Waals surface area (Å²) < 4.78 is 31.8. The van der Waals surface area contributed by atoms with Crippen molar-refractivity contribution in [3.63, 3.8) is 0 Å². The quantitative estimate of drug-likeness (QED) is 0.888. The van der Waals surface area contributed by atoms with Crippen LogP contribution in [0.15, 0.2) is 27.6 Å². The van der Waals surface area contributed by atoms with Crippen LogP contribution >= 0.6 is 11.6 Å². The van der Waals surface area contributed by atoms with Gasteiger partial charge in [0, 0.05) is 5.69 Å². The number of benzene rings is 1. The lowest BCUT2D eigenvalue weighted by Gasteiger charge is -2.09. The standard InChI is InChI=1S/C12H12ClN3O4S/c1-6-11(7(2)20-15-6)21(18,19)16-8-3-4-10(13)9(5-8)12(14)17/h3-5,16H,1-2H3,(H2,14,17). The fraction of sp³-hybridized carbons (Fsp3) is 0.167. The lowest BCUT2D eigenvalue weighted by Crippen LogP contribution is -2.16. The van der Waals surface area contributed by atoms with Gasteiger partial charge in [0.1, 0.15) is 5.69 Å². The highest BCUT2D eigenvalue weighted by Gasteiger charge is 2.24. The van der Waals surface area contributed by atoms with Crippen molar-refractivity contribution in [1.82, 2.24) is 5.16 Å². The third-order valence-corrected chi connectivity index (χ3v) is 4.67. The molecule has 21 heavy (non-hydrogen) atoms. The predicted molar refractivity (Wildman–Crippen MR) is 76.8 cm³/mol. The van der Waals surface area contributed by atoms with Gasteiger partial charge in [0.25, 0.3) is 10.0 Å². The van der Waals surface area contributed by atoms with E-state index in [4.69, 9.17) is 21.9 Å². The molecule has 2 rings (SSSR count). The summed E-state index contributed by atoms with van der Waals surface area (Å²) in [6.45, 7) is 3.01. The Morgan fingerprint density at radius 1 is 1.38 bits per heavy atom. The molecule has 1 aromatic heterocycles. The summed E-state index contributed by atoms with van der Waals surface area (Å²) >= 11 is 5.81. The van der Waals surface area contributed by atoms with Crippen LogP contribution in [-0.2, 0) is 10.0 Å². The van der Waals surface area contributed by atoms with Crippen molar-refractivity contribution in [2.24, 2.45) is 5.73 Å². The Hall–Kier alpha value is -2.06. The number of nitrogens with two attached hydrogens (primary N) is 1. The molecule has 7 nitrogen and oxygen atoms in total. The van der Waals surface area contributed by atoms with Crippen LogP contribution in [0.1, 0.15) is 21.8 Å². The number of carbonyl (C=O) groups is 1. The maximum Gasteiger partial charge on any atom is 0.267 e. The van der Waals surface area contributed by atoms with Crippen LogP contribution in [0.3, 0.4) is 0 Å². The van der Waals surface area contributed by atoms with Gasteiger partial charge >= 0.3 is 0 Å². The van der Waals surface area contributed by atoms with Crippen LogP contribution in [0.5, 0.6) is 0 Å². The van der Waals surface area contributed by atoms with Crippen molar-refractivity contribution >= 4 is 33.2 Å². The number of halogens is 1. The van der Waals surface area contributed by atoms with Crippen LogP contribution in [-0.4, -0.2) is 19.5 Å². The highest BCUT2D eigenvalue weighted by Crippen LogP contribution is 2.25. The third kappa shape index (κ3) is 3.01. The zero-order valence-electron chi connectivity index (χ0n) is 11.2. The fourth-order valence-electron chi connectivity index (χ4n) is 1.84. The van der Waals surface area contributed by atoms with Gasteiger partial charge in [-0.1, -0.05) is 16.8 Å². The van der Waals surface area contributed by atoms with Gasteiger partial charge in [-0.2, -0.15) is 0 Å². The van der Waals surface area contributed by atoms with E-state index in [1.165, 1.54) is 32.0 Å². The van der Waals surface area contributed by atoms with E-state index >= 15 is 0 Å². The number of anilines is 1. The van der Waals surface area contributed by atoms with Gasteiger partial charge in [0.2, 0.25) is 5.91 Å². The summed E-state index contributed by atoms with van der Waals surface area (Å²) in [5, 5.41) is 3.74. The molecule has 0 saturated carbocycles. The van der Waals surface area contributed by atoms with Gasteiger partial charge < -0.3 is 10.3 Å². The zero-order chi connectivity index (χ0) is 15.8. The number of aromatic nitrogens is 1. The molecule has 2 aromatic rings. The number of carbonyl (C=O) groups excluding carboxylic acids is 1. The van der Waals surface area contributed by atoms with Crippen LogP contribution in [0.25, 0.3) is 0 Å². The first-order valence-electron chi connectivity index (χ1n) is 5.77. The first kappa shape index (κ1) is 15.3. The first-order valence-corrected chi connectivity index (χ1v) is 7.63. The van der Waals surface area contributed by atoms with Gasteiger partial charge in [-0.05, 0) is 32.0 Å². The molecule has 0 aliphatic carbocycles. The van der Waals surface area contributed by atoms with Gasteiger partial charge in [-0.3, -0.25) is 9.52 Å². The van der Waals surface area contributed by atoms with E-state index < -0.39 is 15.9 Å². The molecule has 0 bridgehead atoms. The zero-order valence-corrected chi connectivity index (χ0v) is 12.7. The Balaban J connectivity index is 2.42. The van der Waals surface area contributed by atoms with Crippen molar-refractivity contribution in [3.8, 4) is 0 Å². The number of primary amides is 1. The van der Waals surface area contributed by atoms with Gasteiger partial charge in [-0.25, -0.2) is 8.42 Å². The first-order chi connectivity index (χ1) is 9.72. The molecule has 0 unspecified atom stereocenters. The van der Waals surface area contributed by atoms with Crippen molar-refractivity contribution < 1.29 is 17.7 Å². The second kappa shape index (κ2) is 5.38. The number of hydrogen-bond acceptors (Lipinski definition) is 5. The molecule has 112 valence electrons. The van der Waals surface area contributed by atoms with E-state index in [0.717, 1.165) is 0 Å². The molecule has 0 fully saturated rings. The predicted octanol–water partition coefficient (Wildman–Crippen LogP) is 1.84. The SMILES string of the molecule is Cc1noc(C)c1S(=O)(=O)Nc1ccc(Cl)c(C(N)=O)c1. The van der Waals surface area contributed by atoms with Crippen LogP contribution < -0.4 is 10.5 Å². The molecule has 0 spiro atoms. The molecule has 0 atom stereocenters. The van der Waals surface area contributed by atoms with E-state index in [1.807, 2.05) is 0 Å². The third-order valence-electron chi connectivity index (χ3n) is 2.72. The van der Waals surface area contributed by atoms with E-state index in [0.29, 0.717) is 0 Å². The molecule has 0 saturated heterocycles. The molecule has 0 radical (unpaired) electrons. The number of aryl methyl sites for hydroxylation is 2. The summed E-state index contributed by atoms with van der Waals surface area (Å²) in [5.74, 6) is -0.581. The molecule has 9 heteroatoms. The normalized spacial score (nSPS) is 11.4. The highest BCUT2D eigenvalue weighted by atomic mass is 35.5. The van der Waals surface area contributed by atoms with Crippen LogP contribution in [0.4, 0.5) is 5.69 Å². The van der Waals surface area contributed by atoms with Gasteiger partial charge in [0.05, 0.1) is 10.6 Å². The number of nitrogens with one attached hydrogen (secondary N) is 1. The average Bonchev–Trinajstić information content (AvgIpc) is 2.71. The topological polar surface area (TPSA) is 115 Å². The summed E-state index contributed by atoms with van der Waals surface area (Å²) in [5.41, 5.74) is 5.59. The summed E-state index contributed by atoms with van der Waals surface area (Å²) in [6.07, 6.45) is 0. The monoisotopic (exact) mass is 329 g/mol. The summed E-state index contributed by atoms with van der Waals surface area (Å²) in [6, 6.07) is 4.07. The van der Waals surface area contributed by atoms with Crippen molar-refractivity contribution in [2.75, 3.05) is 4.72 Å². The number of nitrogens with zero attached hydrogens (tertiary/aromatic N) is 1. The Kier molecular flexibility index (Phi) is 3.93. The Morgan fingerprint density at radius 2 is 2.05 bits per heavy atom. The Bertz CT molecular complexity index is 794. The number of amides is 1. The highest BCUT2D eigenvalue weighted by molar-refractivity contribution is 7.92. The van der Waals surface area contributed by atoms with Crippen LogP contribution in [0, 0.1) is 13.8 Å². The fourth-order valence-corrected chi connectivity index (χ4v) is 3.43. The number of hydrogen-bond donors (Lipinski definition) is 2. The van der Waals surface area contributed by atoms with Crippen molar-refractivity contribution in [2.45, 2.75) is 18.7 Å². The molecular weight excluding hydrogens is 318 g/mol. The second-order valence-electron chi connectivity index (χ2n) is 4.32. The molecule has 0 aliphatic heterocycles. The van der Waals surface area contributed by atoms with E-state index in [1.54, 1.807) is 0 Å². The molecule has 1 amide bonds. The smallest absolute Gasteiger partial charge is 0.267 e. The molecular formula is C12H12ClN3O4S. The Labute approximate surface area is 126 Å². The van der Waals surface area contributed by atoms with Crippen molar-refractivity contribution in [3.05, 3.63) is 40.2 Å². The summed E-state index contributed by atoms with van der Waals surface area (Å²) in [4.78, 5) is 11.2. The maximum atomic E-state index is 12.3. The number of sulfonamides is 1. The van der Waals surface area contributed by atoms with Crippen molar-refractivity contribution in [1.29, 1.82) is 0 Å². The van der Waals surface area contributed by atoms with E-state index in [9.17, 15) is 13.2 Å².